The minimum absolute atomic E-state index is 0.231. The van der Waals surface area contributed by atoms with Gasteiger partial charge in [0.1, 0.15) is 12.6 Å². The van der Waals surface area contributed by atoms with Crippen molar-refractivity contribution in [3.05, 3.63) is 35.9 Å². The second kappa shape index (κ2) is 11.0. The van der Waals surface area contributed by atoms with Gasteiger partial charge in [0.05, 0.1) is 0 Å². The Labute approximate surface area is 141 Å². The van der Waals surface area contributed by atoms with Gasteiger partial charge in [-0.1, -0.05) is 36.8 Å². The summed E-state index contributed by atoms with van der Waals surface area (Å²) in [5, 5.41) is 13.7. The van der Waals surface area contributed by atoms with E-state index in [9.17, 15) is 14.4 Å². The van der Waals surface area contributed by atoms with Crippen LogP contribution in [-0.2, 0) is 20.9 Å². The molecule has 7 nitrogen and oxygen atoms in total. The number of amides is 2. The molecular weight excluding hydrogens is 312 g/mol. The number of carboxylic acids is 1. The Morgan fingerprint density at radius 2 is 1.83 bits per heavy atom. The van der Waals surface area contributed by atoms with Gasteiger partial charge in [-0.15, -0.1) is 0 Å². The van der Waals surface area contributed by atoms with E-state index in [2.05, 4.69) is 10.6 Å². The molecule has 0 fully saturated rings. The molecule has 3 N–H and O–H groups in total. The van der Waals surface area contributed by atoms with Gasteiger partial charge in [-0.05, 0) is 25.3 Å². The molecule has 0 unspecified atom stereocenters. The first-order chi connectivity index (χ1) is 11.5. The summed E-state index contributed by atoms with van der Waals surface area (Å²) in [5.41, 5.74) is 0.925. The number of benzene rings is 1. The van der Waals surface area contributed by atoms with Gasteiger partial charge in [0.15, 0.2) is 0 Å². The van der Waals surface area contributed by atoms with Crippen LogP contribution in [0.5, 0.6) is 0 Å². The van der Waals surface area contributed by atoms with E-state index in [-0.39, 0.29) is 18.9 Å². The van der Waals surface area contributed by atoms with E-state index >= 15 is 0 Å². The van der Waals surface area contributed by atoms with Crippen LogP contribution < -0.4 is 10.6 Å². The normalized spacial score (nSPS) is 11.4. The fourth-order valence-corrected chi connectivity index (χ4v) is 1.93. The molecule has 0 saturated carbocycles. The molecular formula is C17H24N2O5. The number of rotatable bonds is 10. The van der Waals surface area contributed by atoms with E-state index in [4.69, 9.17) is 9.84 Å². The molecule has 0 aliphatic heterocycles. The second-order valence-corrected chi connectivity index (χ2v) is 5.43. The first-order valence-corrected chi connectivity index (χ1v) is 7.95. The summed E-state index contributed by atoms with van der Waals surface area (Å²) >= 11 is 0. The number of unbranched alkanes of at least 4 members (excludes halogenated alkanes) is 2. The molecule has 0 aliphatic rings. The van der Waals surface area contributed by atoms with Gasteiger partial charge in [0.2, 0.25) is 5.91 Å². The number of carbonyl (C=O) groups is 3. The fourth-order valence-electron chi connectivity index (χ4n) is 1.93. The Bertz CT molecular complexity index is 533. The first-order valence-electron chi connectivity index (χ1n) is 7.95. The topological polar surface area (TPSA) is 105 Å². The fraction of sp³-hybridized carbons (Fsp3) is 0.471. The Morgan fingerprint density at radius 3 is 2.50 bits per heavy atom. The second-order valence-electron chi connectivity index (χ2n) is 5.43. The van der Waals surface area contributed by atoms with Crippen LogP contribution in [0.4, 0.5) is 4.79 Å². The molecule has 0 bridgehead atoms. The maximum absolute atomic E-state index is 11.5. The molecule has 1 rings (SSSR count). The molecule has 0 aromatic heterocycles. The van der Waals surface area contributed by atoms with Crippen LogP contribution in [0.15, 0.2) is 30.3 Å². The number of alkyl carbamates (subject to hydrolysis) is 1. The van der Waals surface area contributed by atoms with Gasteiger partial charge in [0.25, 0.3) is 0 Å². The summed E-state index contributed by atoms with van der Waals surface area (Å²) in [6.07, 6.45) is 1.93. The lowest BCUT2D eigenvalue weighted by atomic mass is 10.2. The summed E-state index contributed by atoms with van der Waals surface area (Å²) in [6, 6.07) is 8.53. The maximum atomic E-state index is 11.5. The molecule has 1 aromatic carbocycles. The third-order valence-corrected chi connectivity index (χ3v) is 3.31. The molecule has 0 saturated heterocycles. The van der Waals surface area contributed by atoms with E-state index in [1.54, 1.807) is 0 Å². The number of hydrogen-bond donors (Lipinski definition) is 3. The van der Waals surface area contributed by atoms with E-state index in [0.29, 0.717) is 13.0 Å². The average Bonchev–Trinajstić information content (AvgIpc) is 2.56. The lowest BCUT2D eigenvalue weighted by Gasteiger charge is -2.09. The zero-order chi connectivity index (χ0) is 17.8. The lowest BCUT2D eigenvalue weighted by molar-refractivity contribution is -0.141. The number of nitrogens with one attached hydrogen (secondary N) is 2. The van der Waals surface area contributed by atoms with Gasteiger partial charge < -0.3 is 20.5 Å². The smallest absolute Gasteiger partial charge is 0.407 e. The van der Waals surface area contributed by atoms with Gasteiger partial charge >= 0.3 is 12.1 Å². The molecule has 0 aliphatic carbocycles. The van der Waals surface area contributed by atoms with Crippen molar-refractivity contribution < 1.29 is 24.2 Å². The number of carbonyl (C=O) groups excluding carboxylic acids is 2. The zero-order valence-corrected chi connectivity index (χ0v) is 13.8. The summed E-state index contributed by atoms with van der Waals surface area (Å²) in [5.74, 6) is -1.33. The summed E-state index contributed by atoms with van der Waals surface area (Å²) in [7, 11) is 0. The summed E-state index contributed by atoms with van der Waals surface area (Å²) in [6.45, 7) is 2.13. The third-order valence-electron chi connectivity index (χ3n) is 3.31. The van der Waals surface area contributed by atoms with Gasteiger partial charge in [0, 0.05) is 13.0 Å². The van der Waals surface area contributed by atoms with Crippen LogP contribution in [0.1, 0.15) is 38.2 Å². The Morgan fingerprint density at radius 1 is 1.12 bits per heavy atom. The Kier molecular flexibility index (Phi) is 8.96. The minimum atomic E-state index is -1.05. The van der Waals surface area contributed by atoms with Crippen molar-refractivity contribution in [3.8, 4) is 0 Å². The molecule has 1 aromatic rings. The Hall–Kier alpha value is -2.57. The molecule has 2 amide bonds. The van der Waals surface area contributed by atoms with Crippen LogP contribution in [0, 0.1) is 0 Å². The van der Waals surface area contributed by atoms with Gasteiger partial charge in [-0.2, -0.15) is 0 Å². The van der Waals surface area contributed by atoms with Crippen molar-refractivity contribution in [1.29, 1.82) is 0 Å². The number of hydrogen-bond acceptors (Lipinski definition) is 4. The molecule has 24 heavy (non-hydrogen) atoms. The monoisotopic (exact) mass is 336 g/mol. The van der Waals surface area contributed by atoms with Crippen molar-refractivity contribution >= 4 is 18.0 Å². The highest BCUT2D eigenvalue weighted by Gasteiger charge is 2.13. The van der Waals surface area contributed by atoms with E-state index in [0.717, 1.165) is 18.4 Å². The summed E-state index contributed by atoms with van der Waals surface area (Å²) < 4.78 is 5.07. The third kappa shape index (κ3) is 8.77. The number of ether oxygens (including phenoxy) is 1. The average molecular weight is 336 g/mol. The number of aliphatic carboxylic acids is 1. The van der Waals surface area contributed by atoms with Crippen LogP contribution in [-0.4, -0.2) is 35.7 Å². The largest absolute Gasteiger partial charge is 0.480 e. The molecule has 0 heterocycles. The quantitative estimate of drug-likeness (QED) is 0.567. The predicted octanol–water partition coefficient (Wildman–Crippen LogP) is 2.06. The highest BCUT2D eigenvalue weighted by Crippen LogP contribution is 2.02. The van der Waals surface area contributed by atoms with E-state index < -0.39 is 18.1 Å². The first kappa shape index (κ1) is 19.5. The molecule has 1 atom stereocenters. The number of carboxylic acid groups (broad SMARTS) is 1. The summed E-state index contributed by atoms with van der Waals surface area (Å²) in [4.78, 5) is 33.5. The Balaban J connectivity index is 2.00. The van der Waals surface area contributed by atoms with Crippen molar-refractivity contribution in [3.63, 3.8) is 0 Å². The predicted molar refractivity (Wildman–Crippen MR) is 88.3 cm³/mol. The standard InChI is InChI=1S/C17H24N2O5/c1-13(16(21)22)19-15(20)10-6-3-7-11-18-17(23)24-12-14-8-4-2-5-9-14/h2,4-5,8-9,13H,3,6-7,10-12H2,1H3,(H,18,23)(H,19,20)(H,21,22)/t13-/m1/s1. The highest BCUT2D eigenvalue weighted by atomic mass is 16.5. The van der Waals surface area contributed by atoms with Crippen LogP contribution in [0.3, 0.4) is 0 Å². The van der Waals surface area contributed by atoms with Gasteiger partial charge in [-0.25, -0.2) is 4.79 Å². The van der Waals surface area contributed by atoms with Crippen molar-refractivity contribution in [1.82, 2.24) is 10.6 Å². The van der Waals surface area contributed by atoms with E-state index in [1.165, 1.54) is 6.92 Å². The van der Waals surface area contributed by atoms with Crippen LogP contribution >= 0.6 is 0 Å². The van der Waals surface area contributed by atoms with Crippen molar-refractivity contribution in [2.45, 2.75) is 45.3 Å². The van der Waals surface area contributed by atoms with Crippen molar-refractivity contribution in [2.24, 2.45) is 0 Å². The minimum Gasteiger partial charge on any atom is -0.480 e. The zero-order valence-electron chi connectivity index (χ0n) is 13.8. The van der Waals surface area contributed by atoms with Crippen molar-refractivity contribution in [2.75, 3.05) is 6.54 Å². The highest BCUT2D eigenvalue weighted by molar-refractivity contribution is 5.83. The SMILES string of the molecule is C[C@@H](NC(=O)CCCCCNC(=O)OCc1ccccc1)C(=O)O. The van der Waals surface area contributed by atoms with Crippen LogP contribution in [0.2, 0.25) is 0 Å². The molecule has 0 radical (unpaired) electrons. The van der Waals surface area contributed by atoms with Gasteiger partial charge in [-0.3, -0.25) is 9.59 Å². The van der Waals surface area contributed by atoms with E-state index in [1.807, 2.05) is 30.3 Å². The lowest BCUT2D eigenvalue weighted by Crippen LogP contribution is -2.38. The molecule has 7 heteroatoms. The van der Waals surface area contributed by atoms with Crippen LogP contribution in [0.25, 0.3) is 0 Å². The molecule has 0 spiro atoms. The molecule has 132 valence electrons. The maximum Gasteiger partial charge on any atom is 0.407 e.